The zero-order chi connectivity index (χ0) is 13.8. The van der Waals surface area contributed by atoms with Crippen molar-refractivity contribution in [1.82, 2.24) is 4.98 Å². The van der Waals surface area contributed by atoms with Crippen LogP contribution in [0.15, 0.2) is 41.0 Å². The van der Waals surface area contributed by atoms with Crippen LogP contribution < -0.4 is 4.74 Å². The number of pyridine rings is 1. The molecule has 0 aliphatic carbocycles. The summed E-state index contributed by atoms with van der Waals surface area (Å²) in [6.07, 6.45) is 1.47. The van der Waals surface area contributed by atoms with Crippen molar-refractivity contribution in [2.45, 2.75) is 0 Å². The first-order valence-electron chi connectivity index (χ1n) is 5.08. The number of hydrogen-bond acceptors (Lipinski definition) is 5. The summed E-state index contributed by atoms with van der Waals surface area (Å²) in [6, 6.07) is 9.20. The van der Waals surface area contributed by atoms with Gasteiger partial charge in [0, 0.05) is 12.3 Å². The highest BCUT2D eigenvalue weighted by atomic mass is 79.9. The maximum absolute atomic E-state index is 10.7. The van der Waals surface area contributed by atoms with E-state index in [9.17, 15) is 10.1 Å². The lowest BCUT2D eigenvalue weighted by Crippen LogP contribution is -1.94. The van der Waals surface area contributed by atoms with Crippen LogP contribution >= 0.6 is 15.9 Å². The minimum atomic E-state index is -0.525. The molecule has 1 aromatic carbocycles. The van der Waals surface area contributed by atoms with E-state index in [0.717, 1.165) is 0 Å². The van der Waals surface area contributed by atoms with Crippen LogP contribution in [0.2, 0.25) is 0 Å². The second-order valence-corrected chi connectivity index (χ2v) is 4.30. The molecule has 0 unspecified atom stereocenters. The van der Waals surface area contributed by atoms with Gasteiger partial charge in [-0.3, -0.25) is 10.1 Å². The molecule has 0 spiro atoms. The molecule has 19 heavy (non-hydrogen) atoms. The summed E-state index contributed by atoms with van der Waals surface area (Å²) in [5, 5.41) is 19.6. The first kappa shape index (κ1) is 13.0. The number of non-ortho nitro benzene ring substituents is 1. The highest BCUT2D eigenvalue weighted by molar-refractivity contribution is 9.10. The summed E-state index contributed by atoms with van der Waals surface area (Å²) >= 11 is 3.23. The number of hydrogen-bond donors (Lipinski definition) is 0. The third-order valence-electron chi connectivity index (χ3n) is 2.22. The van der Waals surface area contributed by atoms with E-state index >= 15 is 0 Å². The minimum absolute atomic E-state index is 0.103. The van der Waals surface area contributed by atoms with Crippen molar-refractivity contribution in [1.29, 1.82) is 5.26 Å². The second-order valence-electron chi connectivity index (χ2n) is 3.44. The van der Waals surface area contributed by atoms with Gasteiger partial charge in [-0.15, -0.1) is 0 Å². The molecule has 94 valence electrons. The number of nitro groups is 1. The third-order valence-corrected chi connectivity index (χ3v) is 2.88. The fourth-order valence-corrected chi connectivity index (χ4v) is 1.67. The van der Waals surface area contributed by atoms with Crippen molar-refractivity contribution in [3.8, 4) is 17.7 Å². The molecule has 0 saturated heterocycles. The van der Waals surface area contributed by atoms with Crippen molar-refractivity contribution >= 4 is 21.6 Å². The highest BCUT2D eigenvalue weighted by Crippen LogP contribution is 2.33. The number of halogens is 1. The van der Waals surface area contributed by atoms with Crippen molar-refractivity contribution in [3.05, 3.63) is 56.7 Å². The predicted molar refractivity (Wildman–Crippen MR) is 69.8 cm³/mol. The van der Waals surface area contributed by atoms with Gasteiger partial charge in [-0.05, 0) is 34.1 Å². The van der Waals surface area contributed by atoms with Crippen LogP contribution in [0.3, 0.4) is 0 Å². The standard InChI is InChI=1S/C12H6BrN3O3/c13-10-4-3-9(16(17)18)6-11(10)19-12-8(7-14)2-1-5-15-12/h1-6H. The second kappa shape index (κ2) is 5.46. The van der Waals surface area contributed by atoms with Crippen LogP contribution in [0.5, 0.6) is 11.6 Å². The van der Waals surface area contributed by atoms with Crippen LogP contribution in [0.4, 0.5) is 5.69 Å². The van der Waals surface area contributed by atoms with Crippen molar-refractivity contribution in [3.63, 3.8) is 0 Å². The molecule has 0 N–H and O–H groups in total. The van der Waals surface area contributed by atoms with Gasteiger partial charge in [0.1, 0.15) is 11.6 Å². The van der Waals surface area contributed by atoms with Crippen LogP contribution in [0, 0.1) is 21.4 Å². The smallest absolute Gasteiger partial charge is 0.273 e. The maximum Gasteiger partial charge on any atom is 0.273 e. The summed E-state index contributed by atoms with van der Waals surface area (Å²) in [4.78, 5) is 14.1. The molecule has 0 atom stereocenters. The Balaban J connectivity index is 2.41. The van der Waals surface area contributed by atoms with Gasteiger partial charge >= 0.3 is 0 Å². The average molecular weight is 320 g/mol. The molecule has 7 heteroatoms. The Kier molecular flexibility index (Phi) is 3.73. The molecule has 0 radical (unpaired) electrons. The van der Waals surface area contributed by atoms with Crippen LogP contribution in [0.1, 0.15) is 5.56 Å². The molecule has 2 aromatic rings. The number of rotatable bonds is 3. The molecular weight excluding hydrogens is 314 g/mol. The van der Waals surface area contributed by atoms with E-state index in [-0.39, 0.29) is 22.9 Å². The van der Waals surface area contributed by atoms with E-state index in [1.165, 1.54) is 24.4 Å². The molecule has 0 fully saturated rings. The predicted octanol–water partition coefficient (Wildman–Crippen LogP) is 3.42. The van der Waals surface area contributed by atoms with Crippen molar-refractivity contribution < 1.29 is 9.66 Å². The molecule has 1 aromatic heterocycles. The number of nitro benzene ring substituents is 1. The summed E-state index contributed by atoms with van der Waals surface area (Å²) in [5.41, 5.74) is 0.147. The van der Waals surface area contributed by atoms with Gasteiger partial charge < -0.3 is 4.74 Å². The molecule has 6 nitrogen and oxygen atoms in total. The summed E-state index contributed by atoms with van der Waals surface area (Å²) in [7, 11) is 0. The monoisotopic (exact) mass is 319 g/mol. The Bertz CT molecular complexity index is 682. The Hall–Kier alpha value is -2.46. The number of aromatic nitrogens is 1. The van der Waals surface area contributed by atoms with Gasteiger partial charge in [0.05, 0.1) is 15.5 Å². The SMILES string of the molecule is N#Cc1cccnc1Oc1cc([N+](=O)[O-])ccc1Br. The summed E-state index contributed by atoms with van der Waals surface area (Å²) in [5.74, 6) is 0.329. The molecule has 0 bridgehead atoms. The summed E-state index contributed by atoms with van der Waals surface area (Å²) in [6.45, 7) is 0. The van der Waals surface area contributed by atoms with Gasteiger partial charge in [0.2, 0.25) is 5.88 Å². The molecule has 2 rings (SSSR count). The first-order valence-corrected chi connectivity index (χ1v) is 5.88. The fourth-order valence-electron chi connectivity index (χ4n) is 1.35. The van der Waals surface area contributed by atoms with Gasteiger partial charge in [0.15, 0.2) is 5.75 Å². The number of ether oxygens (including phenoxy) is 1. The van der Waals surface area contributed by atoms with Gasteiger partial charge in [0.25, 0.3) is 5.69 Å². The minimum Gasteiger partial charge on any atom is -0.436 e. The molecule has 0 aliphatic rings. The normalized spacial score (nSPS) is 9.68. The lowest BCUT2D eigenvalue weighted by molar-refractivity contribution is -0.384. The zero-order valence-corrected chi connectivity index (χ0v) is 11.0. The average Bonchev–Trinajstić information content (AvgIpc) is 2.41. The van der Waals surface area contributed by atoms with Gasteiger partial charge in [-0.1, -0.05) is 0 Å². The van der Waals surface area contributed by atoms with Gasteiger partial charge in [-0.25, -0.2) is 4.98 Å². The molecule has 0 saturated carbocycles. The van der Waals surface area contributed by atoms with Crippen LogP contribution in [0.25, 0.3) is 0 Å². The van der Waals surface area contributed by atoms with E-state index in [4.69, 9.17) is 10.00 Å². The largest absolute Gasteiger partial charge is 0.436 e. The highest BCUT2D eigenvalue weighted by Gasteiger charge is 2.13. The van der Waals surface area contributed by atoms with E-state index in [1.54, 1.807) is 12.1 Å². The lowest BCUT2D eigenvalue weighted by Gasteiger charge is -2.07. The van der Waals surface area contributed by atoms with E-state index in [2.05, 4.69) is 20.9 Å². The first-order chi connectivity index (χ1) is 9.11. The van der Waals surface area contributed by atoms with Crippen LogP contribution in [-0.4, -0.2) is 9.91 Å². The molecule has 0 aliphatic heterocycles. The Labute approximate surface area is 116 Å². The van der Waals surface area contributed by atoms with Crippen molar-refractivity contribution in [2.75, 3.05) is 0 Å². The number of nitriles is 1. The quantitative estimate of drug-likeness (QED) is 0.638. The van der Waals surface area contributed by atoms with Crippen molar-refractivity contribution in [2.24, 2.45) is 0 Å². The molecule has 0 amide bonds. The third kappa shape index (κ3) is 2.86. The Morgan fingerprint density at radius 3 is 2.89 bits per heavy atom. The van der Waals surface area contributed by atoms with E-state index < -0.39 is 4.92 Å². The zero-order valence-electron chi connectivity index (χ0n) is 9.41. The number of nitrogens with zero attached hydrogens (tertiary/aromatic N) is 3. The summed E-state index contributed by atoms with van der Waals surface area (Å²) < 4.78 is 5.97. The van der Waals surface area contributed by atoms with Crippen LogP contribution in [-0.2, 0) is 0 Å². The lowest BCUT2D eigenvalue weighted by atomic mass is 10.3. The Morgan fingerprint density at radius 2 is 2.21 bits per heavy atom. The van der Waals surface area contributed by atoms with E-state index in [0.29, 0.717) is 4.47 Å². The molecule has 1 heterocycles. The Morgan fingerprint density at radius 1 is 1.42 bits per heavy atom. The van der Waals surface area contributed by atoms with Gasteiger partial charge in [-0.2, -0.15) is 5.26 Å². The maximum atomic E-state index is 10.7. The molecular formula is C12H6BrN3O3. The number of benzene rings is 1. The topological polar surface area (TPSA) is 89.0 Å². The van der Waals surface area contributed by atoms with E-state index in [1.807, 2.05) is 6.07 Å². The fraction of sp³-hybridized carbons (Fsp3) is 0.